The van der Waals surface area contributed by atoms with Crippen LogP contribution in [-0.4, -0.2) is 53.8 Å². The molecular weight excluding hydrogens is 280 g/mol. The average molecular weight is 306 g/mol. The predicted octanol–water partition coefficient (Wildman–Crippen LogP) is 2.45. The smallest absolute Gasteiger partial charge is 0.270 e. The summed E-state index contributed by atoms with van der Waals surface area (Å²) in [6, 6.07) is 3.92. The van der Waals surface area contributed by atoms with Crippen LogP contribution in [0.3, 0.4) is 0 Å². The van der Waals surface area contributed by atoms with Gasteiger partial charge in [-0.2, -0.15) is 0 Å². The van der Waals surface area contributed by atoms with Gasteiger partial charge in [-0.3, -0.25) is 4.79 Å². The maximum absolute atomic E-state index is 12.5. The Morgan fingerprint density at radius 3 is 3.05 bits per heavy atom. The number of nitrogens with one attached hydrogen (secondary N) is 1. The molecule has 0 aromatic carbocycles. The molecule has 5 nitrogen and oxygen atoms in total. The van der Waals surface area contributed by atoms with E-state index in [1.807, 2.05) is 17.0 Å². The molecule has 2 aliphatic heterocycles. The van der Waals surface area contributed by atoms with Gasteiger partial charge >= 0.3 is 0 Å². The molecule has 1 aromatic heterocycles. The SMILES string of the molecule is CC(C)COC[C@@H]1CC[C@@H]2[C@@H](CCN2C(=O)c2ccc[nH]2)O1. The van der Waals surface area contributed by atoms with Crippen LogP contribution in [0.15, 0.2) is 18.3 Å². The zero-order valence-corrected chi connectivity index (χ0v) is 13.5. The third-order valence-corrected chi connectivity index (χ3v) is 4.48. The van der Waals surface area contributed by atoms with Gasteiger partial charge in [0.05, 0.1) is 24.9 Å². The van der Waals surface area contributed by atoms with Gasteiger partial charge in [-0.25, -0.2) is 0 Å². The van der Waals surface area contributed by atoms with Crippen LogP contribution >= 0.6 is 0 Å². The van der Waals surface area contributed by atoms with Crippen LogP contribution in [0.1, 0.15) is 43.6 Å². The summed E-state index contributed by atoms with van der Waals surface area (Å²) in [5.74, 6) is 0.646. The number of ether oxygens (including phenoxy) is 2. The van der Waals surface area contributed by atoms with Gasteiger partial charge in [-0.05, 0) is 37.3 Å². The van der Waals surface area contributed by atoms with E-state index in [4.69, 9.17) is 9.47 Å². The molecule has 0 unspecified atom stereocenters. The number of carbonyl (C=O) groups excluding carboxylic acids is 1. The summed E-state index contributed by atoms with van der Waals surface area (Å²) in [6.45, 7) is 6.54. The molecule has 22 heavy (non-hydrogen) atoms. The molecule has 2 saturated heterocycles. The van der Waals surface area contributed by atoms with Crippen molar-refractivity contribution in [1.82, 2.24) is 9.88 Å². The fraction of sp³-hybridized carbons (Fsp3) is 0.706. The van der Waals surface area contributed by atoms with Gasteiger partial charge in [0, 0.05) is 19.3 Å². The van der Waals surface area contributed by atoms with Crippen molar-refractivity contribution in [3.05, 3.63) is 24.0 Å². The number of H-pyrrole nitrogens is 1. The summed E-state index contributed by atoms with van der Waals surface area (Å²) >= 11 is 0. The van der Waals surface area contributed by atoms with E-state index in [9.17, 15) is 4.79 Å². The molecular formula is C17H26N2O3. The van der Waals surface area contributed by atoms with Gasteiger partial charge in [0.25, 0.3) is 5.91 Å². The Morgan fingerprint density at radius 1 is 1.45 bits per heavy atom. The van der Waals surface area contributed by atoms with Crippen molar-refractivity contribution in [2.75, 3.05) is 19.8 Å². The normalized spacial score (nSPS) is 28.1. The first-order chi connectivity index (χ1) is 10.6. The van der Waals surface area contributed by atoms with E-state index in [1.54, 1.807) is 6.20 Å². The molecule has 1 amide bonds. The Morgan fingerprint density at radius 2 is 2.32 bits per heavy atom. The Hall–Kier alpha value is -1.33. The third kappa shape index (κ3) is 3.36. The Kier molecular flexibility index (Phi) is 4.84. The average Bonchev–Trinajstić information content (AvgIpc) is 3.15. The molecule has 1 N–H and O–H groups in total. The van der Waals surface area contributed by atoms with E-state index >= 15 is 0 Å². The number of aromatic amines is 1. The quantitative estimate of drug-likeness (QED) is 0.909. The molecule has 2 fully saturated rings. The number of likely N-dealkylation sites (tertiary alicyclic amines) is 1. The maximum Gasteiger partial charge on any atom is 0.270 e. The Balaban J connectivity index is 1.52. The number of carbonyl (C=O) groups is 1. The first kappa shape index (κ1) is 15.6. The number of rotatable bonds is 5. The molecule has 2 aliphatic rings. The minimum atomic E-state index is 0.0932. The zero-order valence-electron chi connectivity index (χ0n) is 13.5. The summed E-state index contributed by atoms with van der Waals surface area (Å²) in [4.78, 5) is 17.5. The fourth-order valence-corrected chi connectivity index (χ4v) is 3.43. The highest BCUT2D eigenvalue weighted by molar-refractivity contribution is 5.92. The second-order valence-corrected chi connectivity index (χ2v) is 6.74. The van der Waals surface area contributed by atoms with Crippen LogP contribution in [0.4, 0.5) is 0 Å². The number of nitrogens with zero attached hydrogens (tertiary/aromatic N) is 1. The summed E-state index contributed by atoms with van der Waals surface area (Å²) in [6.07, 6.45) is 5.04. The maximum atomic E-state index is 12.5. The molecule has 3 rings (SSSR count). The van der Waals surface area contributed by atoms with Crippen molar-refractivity contribution in [1.29, 1.82) is 0 Å². The molecule has 3 heterocycles. The molecule has 0 bridgehead atoms. The highest BCUT2D eigenvalue weighted by Gasteiger charge is 2.42. The lowest BCUT2D eigenvalue weighted by Crippen LogP contribution is -2.46. The number of fused-ring (bicyclic) bond motifs is 1. The first-order valence-corrected chi connectivity index (χ1v) is 8.32. The van der Waals surface area contributed by atoms with E-state index in [2.05, 4.69) is 18.8 Å². The van der Waals surface area contributed by atoms with Crippen molar-refractivity contribution in [3.63, 3.8) is 0 Å². The van der Waals surface area contributed by atoms with E-state index in [1.165, 1.54) is 0 Å². The number of amides is 1. The monoisotopic (exact) mass is 306 g/mol. The van der Waals surface area contributed by atoms with Crippen LogP contribution in [-0.2, 0) is 9.47 Å². The molecule has 0 aliphatic carbocycles. The van der Waals surface area contributed by atoms with Crippen LogP contribution in [0.2, 0.25) is 0 Å². The number of hydrogen-bond acceptors (Lipinski definition) is 3. The van der Waals surface area contributed by atoms with Gasteiger partial charge in [0.1, 0.15) is 5.69 Å². The predicted molar refractivity (Wildman–Crippen MR) is 83.8 cm³/mol. The summed E-state index contributed by atoms with van der Waals surface area (Å²) < 4.78 is 11.9. The molecule has 3 atom stereocenters. The molecule has 0 radical (unpaired) electrons. The van der Waals surface area contributed by atoms with Gasteiger partial charge in [0.2, 0.25) is 0 Å². The van der Waals surface area contributed by atoms with E-state index in [0.717, 1.165) is 32.4 Å². The van der Waals surface area contributed by atoms with Crippen molar-refractivity contribution in [2.24, 2.45) is 5.92 Å². The van der Waals surface area contributed by atoms with Gasteiger partial charge in [-0.1, -0.05) is 13.8 Å². The summed E-state index contributed by atoms with van der Waals surface area (Å²) in [5, 5.41) is 0. The molecule has 5 heteroatoms. The molecule has 0 saturated carbocycles. The molecule has 122 valence electrons. The second kappa shape index (κ2) is 6.84. The lowest BCUT2D eigenvalue weighted by molar-refractivity contribution is -0.0985. The molecule has 0 spiro atoms. The Bertz CT molecular complexity index is 486. The van der Waals surface area contributed by atoms with Crippen molar-refractivity contribution >= 4 is 5.91 Å². The summed E-state index contributed by atoms with van der Waals surface area (Å²) in [7, 11) is 0. The lowest BCUT2D eigenvalue weighted by atomic mass is 9.99. The minimum Gasteiger partial charge on any atom is -0.378 e. The van der Waals surface area contributed by atoms with E-state index in [0.29, 0.717) is 18.2 Å². The standard InChI is InChI=1S/C17H26N2O3/c1-12(2)10-21-11-13-5-6-15-16(22-13)7-9-19(15)17(20)14-4-3-8-18-14/h3-4,8,12-13,15-16,18H,5-7,9-11H2,1-2H3/t13-,15+,16+/m0/s1. The first-order valence-electron chi connectivity index (χ1n) is 8.32. The second-order valence-electron chi connectivity index (χ2n) is 6.74. The number of aromatic nitrogens is 1. The van der Waals surface area contributed by atoms with E-state index < -0.39 is 0 Å². The van der Waals surface area contributed by atoms with Crippen LogP contribution < -0.4 is 0 Å². The van der Waals surface area contributed by atoms with Crippen LogP contribution in [0.5, 0.6) is 0 Å². The zero-order chi connectivity index (χ0) is 15.5. The van der Waals surface area contributed by atoms with Crippen LogP contribution in [0.25, 0.3) is 0 Å². The minimum absolute atomic E-state index is 0.0932. The Labute approximate surface area is 132 Å². The van der Waals surface area contributed by atoms with E-state index in [-0.39, 0.29) is 24.2 Å². The third-order valence-electron chi connectivity index (χ3n) is 4.48. The van der Waals surface area contributed by atoms with Gasteiger partial charge in [0.15, 0.2) is 0 Å². The van der Waals surface area contributed by atoms with Crippen LogP contribution in [0, 0.1) is 5.92 Å². The largest absolute Gasteiger partial charge is 0.378 e. The van der Waals surface area contributed by atoms with Crippen molar-refractivity contribution in [3.8, 4) is 0 Å². The number of hydrogen-bond donors (Lipinski definition) is 1. The fourth-order valence-electron chi connectivity index (χ4n) is 3.43. The van der Waals surface area contributed by atoms with Crippen molar-refractivity contribution in [2.45, 2.75) is 51.4 Å². The summed E-state index contributed by atoms with van der Waals surface area (Å²) in [5.41, 5.74) is 0.669. The van der Waals surface area contributed by atoms with Crippen molar-refractivity contribution < 1.29 is 14.3 Å². The lowest BCUT2D eigenvalue weighted by Gasteiger charge is -2.35. The molecule has 1 aromatic rings. The highest BCUT2D eigenvalue weighted by atomic mass is 16.5. The van der Waals surface area contributed by atoms with Gasteiger partial charge < -0.3 is 19.4 Å². The highest BCUT2D eigenvalue weighted by Crippen LogP contribution is 2.32. The van der Waals surface area contributed by atoms with Gasteiger partial charge in [-0.15, -0.1) is 0 Å². The topological polar surface area (TPSA) is 54.6 Å².